The van der Waals surface area contributed by atoms with Crippen molar-refractivity contribution in [2.45, 2.75) is 40.3 Å². The average molecular weight is 307 g/mol. The molecule has 0 aromatic carbocycles. The van der Waals surface area contributed by atoms with Crippen molar-refractivity contribution in [3.8, 4) is 11.5 Å². The van der Waals surface area contributed by atoms with Gasteiger partial charge in [0, 0.05) is 13.0 Å². The van der Waals surface area contributed by atoms with Crippen LogP contribution in [0.15, 0.2) is 16.8 Å². The number of nitrogens with zero attached hydrogens (tertiary/aromatic N) is 2. The zero-order chi connectivity index (χ0) is 16.3. The largest absolute Gasteiger partial charge is 0.504 e. The topological polar surface area (TPSA) is 96.7 Å². The summed E-state index contributed by atoms with van der Waals surface area (Å²) in [5.41, 5.74) is 2.23. The molecular weight excluding hydrogens is 288 g/mol. The molecule has 118 valence electrons. The first-order chi connectivity index (χ1) is 10.4. The van der Waals surface area contributed by atoms with Crippen molar-refractivity contribution < 1.29 is 28.8 Å². The summed E-state index contributed by atoms with van der Waals surface area (Å²) in [4.78, 5) is 10.7. The third-order valence-electron chi connectivity index (χ3n) is 3.51. The number of pyridine rings is 1. The highest BCUT2D eigenvalue weighted by atomic mass is 16.5. The number of hydrogen-bond donors (Lipinski definition) is 2. The second-order valence-corrected chi connectivity index (χ2v) is 5.04. The Kier molecular flexibility index (Phi) is 4.65. The van der Waals surface area contributed by atoms with Crippen molar-refractivity contribution in [3.05, 3.63) is 35.0 Å². The number of aromatic nitrogens is 2. The smallest absolute Gasteiger partial charge is 0.309 e. The van der Waals surface area contributed by atoms with E-state index in [1.165, 1.54) is 6.07 Å². The van der Waals surface area contributed by atoms with Crippen LogP contribution in [-0.4, -0.2) is 21.3 Å². The number of rotatable bonds is 6. The van der Waals surface area contributed by atoms with Gasteiger partial charge in [0.1, 0.15) is 18.8 Å². The van der Waals surface area contributed by atoms with E-state index >= 15 is 0 Å². The van der Waals surface area contributed by atoms with Gasteiger partial charge in [0.05, 0.1) is 11.3 Å². The van der Waals surface area contributed by atoms with Crippen LogP contribution in [-0.2, 0) is 17.9 Å². The maximum Gasteiger partial charge on any atom is 0.309 e. The van der Waals surface area contributed by atoms with E-state index in [9.17, 15) is 9.90 Å². The van der Waals surface area contributed by atoms with Crippen LogP contribution < -0.4 is 9.30 Å². The van der Waals surface area contributed by atoms with Crippen molar-refractivity contribution in [1.82, 2.24) is 5.16 Å². The Balaban J connectivity index is 2.19. The van der Waals surface area contributed by atoms with Gasteiger partial charge in [-0.25, -0.2) is 0 Å². The fourth-order valence-electron chi connectivity index (χ4n) is 2.15. The van der Waals surface area contributed by atoms with E-state index in [-0.39, 0.29) is 18.8 Å². The maximum atomic E-state index is 10.7. The zero-order valence-electron chi connectivity index (χ0n) is 12.8. The van der Waals surface area contributed by atoms with E-state index in [0.29, 0.717) is 23.7 Å². The highest BCUT2D eigenvalue weighted by Crippen LogP contribution is 2.28. The second kappa shape index (κ2) is 6.46. The lowest BCUT2D eigenvalue weighted by atomic mass is 10.2. The molecule has 7 heteroatoms. The molecule has 0 saturated carbocycles. The molecule has 0 bridgehead atoms. The lowest BCUT2D eigenvalue weighted by molar-refractivity contribution is -0.702. The van der Waals surface area contributed by atoms with E-state index in [4.69, 9.17) is 14.4 Å². The van der Waals surface area contributed by atoms with Gasteiger partial charge in [-0.15, -0.1) is 0 Å². The molecule has 2 heterocycles. The first-order valence-electron chi connectivity index (χ1n) is 6.88. The SMILES string of the molecule is Cc1noc(C)c1COc1c(O)cc[n+](CCC(=O)O)c1C. The third-order valence-corrected chi connectivity index (χ3v) is 3.51. The fraction of sp³-hybridized carbons (Fsp3) is 0.400. The second-order valence-electron chi connectivity index (χ2n) is 5.04. The van der Waals surface area contributed by atoms with Crippen LogP contribution in [0.3, 0.4) is 0 Å². The number of hydrogen-bond acceptors (Lipinski definition) is 5. The van der Waals surface area contributed by atoms with Crippen LogP contribution in [0, 0.1) is 20.8 Å². The van der Waals surface area contributed by atoms with E-state index in [2.05, 4.69) is 5.16 Å². The minimum absolute atomic E-state index is 0.000408. The number of carbonyl (C=O) groups is 1. The molecule has 2 aromatic rings. The molecule has 0 amide bonds. The van der Waals surface area contributed by atoms with Crippen LogP contribution >= 0.6 is 0 Å². The quantitative estimate of drug-likeness (QED) is 0.788. The maximum absolute atomic E-state index is 10.7. The van der Waals surface area contributed by atoms with Gasteiger partial charge in [-0.1, -0.05) is 5.16 Å². The van der Waals surface area contributed by atoms with E-state index < -0.39 is 5.97 Å². The first-order valence-corrected chi connectivity index (χ1v) is 6.88. The molecule has 7 nitrogen and oxygen atoms in total. The van der Waals surface area contributed by atoms with Crippen molar-refractivity contribution in [1.29, 1.82) is 0 Å². The lowest BCUT2D eigenvalue weighted by Gasteiger charge is -2.10. The van der Waals surface area contributed by atoms with Crippen LogP contribution in [0.4, 0.5) is 0 Å². The number of aliphatic carboxylic acids is 1. The van der Waals surface area contributed by atoms with E-state index in [1.54, 1.807) is 24.6 Å². The molecule has 22 heavy (non-hydrogen) atoms. The van der Waals surface area contributed by atoms with Gasteiger partial charge in [0.15, 0.2) is 18.5 Å². The molecule has 2 rings (SSSR count). The van der Waals surface area contributed by atoms with Crippen molar-refractivity contribution in [2.24, 2.45) is 0 Å². The van der Waals surface area contributed by atoms with Crippen LogP contribution in [0.2, 0.25) is 0 Å². The van der Waals surface area contributed by atoms with Gasteiger partial charge < -0.3 is 19.5 Å². The zero-order valence-corrected chi connectivity index (χ0v) is 12.8. The Morgan fingerprint density at radius 2 is 2.14 bits per heavy atom. The van der Waals surface area contributed by atoms with E-state index in [1.807, 2.05) is 6.92 Å². The number of ether oxygens (including phenoxy) is 1. The summed E-state index contributed by atoms with van der Waals surface area (Å²) >= 11 is 0. The van der Waals surface area contributed by atoms with Crippen LogP contribution in [0.25, 0.3) is 0 Å². The molecule has 0 aliphatic carbocycles. The Bertz CT molecular complexity index is 674. The van der Waals surface area contributed by atoms with Crippen LogP contribution in [0.5, 0.6) is 11.5 Å². The van der Waals surface area contributed by atoms with Gasteiger partial charge in [0.2, 0.25) is 11.4 Å². The molecular formula is C15H19N2O5+. The van der Waals surface area contributed by atoms with Gasteiger partial charge >= 0.3 is 5.97 Å². The number of carboxylic acids is 1. The molecule has 0 saturated heterocycles. The van der Waals surface area contributed by atoms with Gasteiger partial charge in [0.25, 0.3) is 0 Å². The normalized spacial score (nSPS) is 10.7. The fourth-order valence-corrected chi connectivity index (χ4v) is 2.15. The molecule has 2 N–H and O–H groups in total. The summed E-state index contributed by atoms with van der Waals surface area (Å²) in [5.74, 6) is 0.131. The monoisotopic (exact) mass is 307 g/mol. The van der Waals surface area contributed by atoms with Crippen molar-refractivity contribution >= 4 is 5.97 Å². The average Bonchev–Trinajstić information content (AvgIpc) is 2.77. The third kappa shape index (κ3) is 3.36. The minimum atomic E-state index is -0.877. The van der Waals surface area contributed by atoms with Crippen LogP contribution in [0.1, 0.15) is 29.1 Å². The van der Waals surface area contributed by atoms with Gasteiger partial charge in [-0.2, -0.15) is 4.57 Å². The number of carboxylic acid groups (broad SMARTS) is 1. The van der Waals surface area contributed by atoms with E-state index in [0.717, 1.165) is 11.3 Å². The molecule has 2 aromatic heterocycles. The summed E-state index contributed by atoms with van der Waals surface area (Å²) in [6, 6.07) is 1.48. The highest BCUT2D eigenvalue weighted by molar-refractivity contribution is 5.66. The highest BCUT2D eigenvalue weighted by Gasteiger charge is 2.20. The molecule has 0 atom stereocenters. The Hall–Kier alpha value is -2.57. The summed E-state index contributed by atoms with van der Waals surface area (Å²) in [6.45, 7) is 5.91. The Labute approximate surface area is 127 Å². The number of aromatic hydroxyl groups is 1. The first kappa shape index (κ1) is 15.8. The molecule has 0 aliphatic heterocycles. The molecule has 0 unspecified atom stereocenters. The van der Waals surface area contributed by atoms with Crippen molar-refractivity contribution in [2.75, 3.05) is 0 Å². The Morgan fingerprint density at radius 1 is 1.41 bits per heavy atom. The molecule has 0 spiro atoms. The molecule has 0 fully saturated rings. The number of aryl methyl sites for hydroxylation is 3. The van der Waals surface area contributed by atoms with Gasteiger partial charge in [-0.3, -0.25) is 4.79 Å². The summed E-state index contributed by atoms with van der Waals surface area (Å²) in [5, 5.41) is 22.6. The standard InChI is InChI=1S/C15H18N2O5/c1-9-12(11(3)22-16-9)8-21-15-10(2)17(6-4-13(15)18)7-5-14(19)20/h4,6H,5,7-8H2,1-3H3,(H,19,20)/p+1. The molecule has 0 radical (unpaired) electrons. The minimum Gasteiger partial charge on any atom is -0.504 e. The summed E-state index contributed by atoms with van der Waals surface area (Å²) in [7, 11) is 0. The lowest BCUT2D eigenvalue weighted by Crippen LogP contribution is -2.38. The predicted molar refractivity (Wildman–Crippen MR) is 75.6 cm³/mol. The summed E-state index contributed by atoms with van der Waals surface area (Å²) in [6.07, 6.45) is 1.63. The molecule has 0 aliphatic rings. The summed E-state index contributed by atoms with van der Waals surface area (Å²) < 4.78 is 12.5. The predicted octanol–water partition coefficient (Wildman–Crippen LogP) is 1.65. The van der Waals surface area contributed by atoms with Crippen molar-refractivity contribution in [3.63, 3.8) is 0 Å². The Morgan fingerprint density at radius 3 is 2.73 bits per heavy atom. The van der Waals surface area contributed by atoms with Gasteiger partial charge in [-0.05, 0) is 13.8 Å².